The van der Waals surface area contributed by atoms with Crippen LogP contribution in [0.1, 0.15) is 34.1 Å². The van der Waals surface area contributed by atoms with E-state index in [9.17, 15) is 9.59 Å². The minimum absolute atomic E-state index is 0.0843. The molecule has 2 atom stereocenters. The molecule has 3 N–H and O–H groups in total. The largest absolute Gasteiger partial charge is 0.345 e. The predicted octanol–water partition coefficient (Wildman–Crippen LogP) is 0.343. The van der Waals surface area contributed by atoms with Crippen molar-refractivity contribution in [3.63, 3.8) is 0 Å². The predicted molar refractivity (Wildman–Crippen MR) is 68.3 cm³/mol. The monoisotopic (exact) mass is 243 g/mol. The summed E-state index contributed by atoms with van der Waals surface area (Å²) in [5.41, 5.74) is 5.80. The van der Waals surface area contributed by atoms with Crippen LogP contribution in [0.4, 0.5) is 0 Å². The molecule has 5 heteroatoms. The molecule has 0 radical (unpaired) electrons. The third-order valence-corrected chi connectivity index (χ3v) is 2.88. The van der Waals surface area contributed by atoms with E-state index in [1.807, 2.05) is 20.8 Å². The van der Waals surface area contributed by atoms with Gasteiger partial charge >= 0.3 is 0 Å². The average Bonchev–Trinajstić information content (AvgIpc) is 2.26. The second-order valence-corrected chi connectivity index (χ2v) is 4.75. The summed E-state index contributed by atoms with van der Waals surface area (Å²) in [4.78, 5) is 24.9. The zero-order valence-corrected chi connectivity index (χ0v) is 11.5. The standard InChI is InChI=1S/C12H25N3O2/c1-6-15(5)12(17)9(4)14-11(16)7-10(13)8(2)3/h8-10H,6-7,13H2,1-5H3,(H,14,16). The summed E-state index contributed by atoms with van der Waals surface area (Å²) in [7, 11) is 1.71. The van der Waals surface area contributed by atoms with Crippen LogP contribution in [-0.2, 0) is 9.59 Å². The maximum Gasteiger partial charge on any atom is 0.244 e. The molecule has 0 aromatic rings. The smallest absolute Gasteiger partial charge is 0.244 e. The molecule has 0 saturated carbocycles. The first-order chi connectivity index (χ1) is 7.79. The van der Waals surface area contributed by atoms with Gasteiger partial charge in [-0.3, -0.25) is 9.59 Å². The molecular formula is C12H25N3O2. The van der Waals surface area contributed by atoms with Crippen LogP contribution in [0.5, 0.6) is 0 Å². The third kappa shape index (κ3) is 5.68. The van der Waals surface area contributed by atoms with E-state index in [0.29, 0.717) is 6.54 Å². The van der Waals surface area contributed by atoms with Gasteiger partial charge in [-0.15, -0.1) is 0 Å². The van der Waals surface area contributed by atoms with Crippen molar-refractivity contribution >= 4 is 11.8 Å². The highest BCUT2D eigenvalue weighted by atomic mass is 16.2. The van der Waals surface area contributed by atoms with E-state index in [0.717, 1.165) is 0 Å². The van der Waals surface area contributed by atoms with E-state index in [2.05, 4.69) is 5.32 Å². The summed E-state index contributed by atoms with van der Waals surface area (Å²) in [6.45, 7) is 8.15. The van der Waals surface area contributed by atoms with E-state index in [1.165, 1.54) is 0 Å². The highest BCUT2D eigenvalue weighted by Gasteiger charge is 2.20. The highest BCUT2D eigenvalue weighted by Crippen LogP contribution is 2.03. The second-order valence-electron chi connectivity index (χ2n) is 4.75. The van der Waals surface area contributed by atoms with E-state index in [-0.39, 0.29) is 30.2 Å². The van der Waals surface area contributed by atoms with Gasteiger partial charge in [-0.05, 0) is 19.8 Å². The fraction of sp³-hybridized carbons (Fsp3) is 0.833. The Morgan fingerprint density at radius 1 is 1.29 bits per heavy atom. The molecule has 0 aliphatic rings. The van der Waals surface area contributed by atoms with Crippen molar-refractivity contribution in [3.05, 3.63) is 0 Å². The van der Waals surface area contributed by atoms with Gasteiger partial charge < -0.3 is 16.0 Å². The minimum atomic E-state index is -0.494. The number of rotatable bonds is 6. The fourth-order valence-corrected chi connectivity index (χ4v) is 1.30. The topological polar surface area (TPSA) is 75.4 Å². The maximum atomic E-state index is 11.7. The SMILES string of the molecule is CCN(C)C(=O)C(C)NC(=O)CC(N)C(C)C. The number of carbonyl (C=O) groups is 2. The quantitative estimate of drug-likeness (QED) is 0.706. The highest BCUT2D eigenvalue weighted by molar-refractivity contribution is 5.87. The van der Waals surface area contributed by atoms with E-state index >= 15 is 0 Å². The summed E-state index contributed by atoms with van der Waals surface area (Å²) >= 11 is 0. The lowest BCUT2D eigenvalue weighted by Crippen LogP contribution is -2.47. The van der Waals surface area contributed by atoms with Gasteiger partial charge in [0.25, 0.3) is 0 Å². The number of nitrogens with one attached hydrogen (secondary N) is 1. The van der Waals surface area contributed by atoms with Crippen LogP contribution < -0.4 is 11.1 Å². The second kappa shape index (κ2) is 7.27. The van der Waals surface area contributed by atoms with Crippen LogP contribution in [0.2, 0.25) is 0 Å². The number of hydrogen-bond donors (Lipinski definition) is 2. The average molecular weight is 243 g/mol. The Kier molecular flexibility index (Phi) is 6.80. The van der Waals surface area contributed by atoms with Gasteiger partial charge in [0.1, 0.15) is 6.04 Å². The van der Waals surface area contributed by atoms with Crippen molar-refractivity contribution in [1.82, 2.24) is 10.2 Å². The first-order valence-corrected chi connectivity index (χ1v) is 6.09. The molecule has 0 aliphatic carbocycles. The van der Waals surface area contributed by atoms with Crippen LogP contribution in [0, 0.1) is 5.92 Å². The van der Waals surface area contributed by atoms with Crippen molar-refractivity contribution in [2.45, 2.75) is 46.2 Å². The van der Waals surface area contributed by atoms with Gasteiger partial charge in [0.15, 0.2) is 0 Å². The molecule has 0 rings (SSSR count). The van der Waals surface area contributed by atoms with E-state index in [4.69, 9.17) is 5.73 Å². The molecule has 0 saturated heterocycles. The van der Waals surface area contributed by atoms with Crippen molar-refractivity contribution in [1.29, 1.82) is 0 Å². The fourth-order valence-electron chi connectivity index (χ4n) is 1.30. The summed E-state index contributed by atoms with van der Waals surface area (Å²) in [6.07, 6.45) is 0.255. The van der Waals surface area contributed by atoms with Crippen LogP contribution >= 0.6 is 0 Å². The van der Waals surface area contributed by atoms with Crippen LogP contribution in [0.15, 0.2) is 0 Å². The number of amides is 2. The first-order valence-electron chi connectivity index (χ1n) is 6.09. The van der Waals surface area contributed by atoms with Gasteiger partial charge in [-0.25, -0.2) is 0 Å². The molecular weight excluding hydrogens is 218 g/mol. The summed E-state index contributed by atoms with van der Waals surface area (Å²) < 4.78 is 0. The lowest BCUT2D eigenvalue weighted by atomic mass is 10.0. The Morgan fingerprint density at radius 3 is 2.24 bits per heavy atom. The number of nitrogens with zero attached hydrogens (tertiary/aromatic N) is 1. The number of likely N-dealkylation sites (N-methyl/N-ethyl adjacent to an activating group) is 1. The van der Waals surface area contributed by atoms with Crippen molar-refractivity contribution in [2.75, 3.05) is 13.6 Å². The molecule has 100 valence electrons. The lowest BCUT2D eigenvalue weighted by Gasteiger charge is -2.22. The van der Waals surface area contributed by atoms with Crippen LogP contribution in [-0.4, -0.2) is 42.4 Å². The molecule has 2 unspecified atom stereocenters. The molecule has 17 heavy (non-hydrogen) atoms. The summed E-state index contributed by atoms with van der Waals surface area (Å²) in [5, 5.41) is 2.67. The van der Waals surface area contributed by atoms with Crippen LogP contribution in [0.25, 0.3) is 0 Å². The molecule has 0 spiro atoms. The van der Waals surface area contributed by atoms with Gasteiger partial charge in [-0.1, -0.05) is 13.8 Å². The molecule has 0 heterocycles. The Labute approximate surface area is 104 Å². The van der Waals surface area contributed by atoms with Gasteiger partial charge in [-0.2, -0.15) is 0 Å². The van der Waals surface area contributed by atoms with Crippen molar-refractivity contribution in [2.24, 2.45) is 11.7 Å². The first kappa shape index (κ1) is 15.9. The number of nitrogens with two attached hydrogens (primary N) is 1. The molecule has 0 aliphatic heterocycles. The van der Waals surface area contributed by atoms with Gasteiger partial charge in [0.05, 0.1) is 0 Å². The minimum Gasteiger partial charge on any atom is -0.345 e. The Morgan fingerprint density at radius 2 is 1.82 bits per heavy atom. The number of hydrogen-bond acceptors (Lipinski definition) is 3. The summed E-state index contributed by atoms with van der Waals surface area (Å²) in [6, 6.07) is -0.659. The van der Waals surface area contributed by atoms with Gasteiger partial charge in [0, 0.05) is 26.1 Å². The maximum absolute atomic E-state index is 11.7. The Bertz CT molecular complexity index is 266. The van der Waals surface area contributed by atoms with E-state index in [1.54, 1.807) is 18.9 Å². The zero-order valence-electron chi connectivity index (χ0n) is 11.5. The normalized spacial score (nSPS) is 14.3. The van der Waals surface area contributed by atoms with Crippen molar-refractivity contribution < 1.29 is 9.59 Å². The van der Waals surface area contributed by atoms with Crippen LogP contribution in [0.3, 0.4) is 0 Å². The van der Waals surface area contributed by atoms with Crippen molar-refractivity contribution in [3.8, 4) is 0 Å². The Hall–Kier alpha value is -1.10. The van der Waals surface area contributed by atoms with Gasteiger partial charge in [0.2, 0.25) is 11.8 Å². The zero-order chi connectivity index (χ0) is 13.6. The Balaban J connectivity index is 4.16. The molecule has 0 aromatic heterocycles. The molecule has 0 bridgehead atoms. The lowest BCUT2D eigenvalue weighted by molar-refractivity contribution is -0.134. The summed E-state index contributed by atoms with van der Waals surface area (Å²) in [5.74, 6) is 0.000550. The van der Waals surface area contributed by atoms with E-state index < -0.39 is 6.04 Å². The molecule has 5 nitrogen and oxygen atoms in total. The third-order valence-electron chi connectivity index (χ3n) is 2.88. The molecule has 0 aromatic carbocycles. The molecule has 0 fully saturated rings. The molecule has 2 amide bonds. The number of carbonyl (C=O) groups excluding carboxylic acids is 2.